The molecule has 0 radical (unpaired) electrons. The summed E-state index contributed by atoms with van der Waals surface area (Å²) in [7, 11) is 4.69. The van der Waals surface area contributed by atoms with E-state index < -0.39 is 4.92 Å². The first-order chi connectivity index (χ1) is 14.9. The Morgan fingerprint density at radius 3 is 2.58 bits per heavy atom. The van der Waals surface area contributed by atoms with Crippen LogP contribution < -0.4 is 9.47 Å². The van der Waals surface area contributed by atoms with E-state index in [0.717, 1.165) is 0 Å². The van der Waals surface area contributed by atoms with Crippen molar-refractivity contribution in [3.8, 4) is 22.9 Å². The van der Waals surface area contributed by atoms with Gasteiger partial charge in [0.2, 0.25) is 17.6 Å². The quantitative estimate of drug-likeness (QED) is 0.307. The van der Waals surface area contributed by atoms with Gasteiger partial charge in [-0.05, 0) is 35.9 Å². The SMILES string of the molecule is COc1ccc(-c2noc(CN(C)C(=O)/C=C/c3ccc([N+](=O)[O-])cc3)n2)c(OC)c1. The molecule has 0 fully saturated rings. The number of nitro benzene ring substituents is 1. The second kappa shape index (κ2) is 9.53. The van der Waals surface area contributed by atoms with Gasteiger partial charge >= 0.3 is 0 Å². The molecule has 0 aliphatic rings. The van der Waals surface area contributed by atoms with E-state index in [-0.39, 0.29) is 24.0 Å². The zero-order chi connectivity index (χ0) is 22.4. The molecule has 0 aliphatic carbocycles. The van der Waals surface area contributed by atoms with Crippen molar-refractivity contribution < 1.29 is 23.7 Å². The van der Waals surface area contributed by atoms with E-state index in [4.69, 9.17) is 14.0 Å². The number of amides is 1. The number of non-ortho nitro benzene ring substituents is 1. The van der Waals surface area contributed by atoms with Crippen molar-refractivity contribution in [2.75, 3.05) is 21.3 Å². The molecule has 1 heterocycles. The molecule has 3 aromatic rings. The average molecular weight is 424 g/mol. The zero-order valence-electron chi connectivity index (χ0n) is 17.1. The van der Waals surface area contributed by atoms with Crippen LogP contribution in [0.3, 0.4) is 0 Å². The van der Waals surface area contributed by atoms with Gasteiger partial charge in [0.05, 0.1) is 31.3 Å². The molecule has 10 nitrogen and oxygen atoms in total. The number of carbonyl (C=O) groups is 1. The predicted molar refractivity (Wildman–Crippen MR) is 111 cm³/mol. The molecule has 0 aliphatic heterocycles. The highest BCUT2D eigenvalue weighted by atomic mass is 16.6. The first-order valence-corrected chi connectivity index (χ1v) is 9.14. The molecule has 0 spiro atoms. The summed E-state index contributed by atoms with van der Waals surface area (Å²) in [5.74, 6) is 1.46. The van der Waals surface area contributed by atoms with E-state index in [1.165, 1.54) is 30.2 Å². The first-order valence-electron chi connectivity index (χ1n) is 9.14. The molecule has 0 atom stereocenters. The van der Waals surface area contributed by atoms with Gasteiger partial charge in [-0.15, -0.1) is 0 Å². The molecule has 3 rings (SSSR count). The highest BCUT2D eigenvalue weighted by molar-refractivity contribution is 5.91. The fourth-order valence-electron chi connectivity index (χ4n) is 2.69. The Kier molecular flexibility index (Phi) is 6.61. The number of rotatable bonds is 8. The smallest absolute Gasteiger partial charge is 0.269 e. The first kappa shape index (κ1) is 21.5. The summed E-state index contributed by atoms with van der Waals surface area (Å²) in [5, 5.41) is 14.7. The van der Waals surface area contributed by atoms with Gasteiger partial charge in [0.25, 0.3) is 5.69 Å². The van der Waals surface area contributed by atoms with Gasteiger partial charge in [-0.25, -0.2) is 0 Å². The van der Waals surface area contributed by atoms with Crippen LogP contribution in [0, 0.1) is 10.1 Å². The Hall–Kier alpha value is -4.21. The fraction of sp³-hybridized carbons (Fsp3) is 0.190. The number of aromatic nitrogens is 2. The molecule has 31 heavy (non-hydrogen) atoms. The Labute approximate surface area is 177 Å². The molecular formula is C21H20N4O6. The number of likely N-dealkylation sites (N-methyl/N-ethyl adjacent to an activating group) is 1. The van der Waals surface area contributed by atoms with Crippen LogP contribution in [0.25, 0.3) is 17.5 Å². The standard InChI is InChI=1S/C21H20N4O6/c1-24(20(26)11-6-14-4-7-15(8-5-14)25(27)28)13-19-22-21(23-31-19)17-10-9-16(29-2)12-18(17)30-3/h4-12H,13H2,1-3H3/b11-6+. The van der Waals surface area contributed by atoms with E-state index in [1.807, 2.05) is 0 Å². The summed E-state index contributed by atoms with van der Waals surface area (Å²) in [6.07, 6.45) is 2.94. The zero-order valence-corrected chi connectivity index (χ0v) is 17.1. The lowest BCUT2D eigenvalue weighted by atomic mass is 10.2. The maximum atomic E-state index is 12.4. The van der Waals surface area contributed by atoms with Crippen LogP contribution in [-0.2, 0) is 11.3 Å². The lowest BCUT2D eigenvalue weighted by molar-refractivity contribution is -0.384. The lowest BCUT2D eigenvalue weighted by Crippen LogP contribution is -2.24. The van der Waals surface area contributed by atoms with Gasteiger partial charge in [-0.1, -0.05) is 5.16 Å². The van der Waals surface area contributed by atoms with E-state index in [1.54, 1.807) is 50.6 Å². The summed E-state index contributed by atoms with van der Waals surface area (Å²) in [6.45, 7) is 0.106. The summed E-state index contributed by atoms with van der Waals surface area (Å²) >= 11 is 0. The van der Waals surface area contributed by atoms with Crippen LogP contribution in [0.15, 0.2) is 53.1 Å². The number of ether oxygens (including phenoxy) is 2. The van der Waals surface area contributed by atoms with Crippen LogP contribution in [0.5, 0.6) is 11.5 Å². The highest BCUT2D eigenvalue weighted by Gasteiger charge is 2.16. The Bertz CT molecular complexity index is 1110. The van der Waals surface area contributed by atoms with Crippen LogP contribution in [0.1, 0.15) is 11.5 Å². The van der Waals surface area contributed by atoms with Crippen molar-refractivity contribution in [2.45, 2.75) is 6.54 Å². The lowest BCUT2D eigenvalue weighted by Gasteiger charge is -2.11. The minimum absolute atomic E-state index is 0.0127. The summed E-state index contributed by atoms with van der Waals surface area (Å²) in [5.41, 5.74) is 1.28. The number of methoxy groups -OCH3 is 2. The summed E-state index contributed by atoms with van der Waals surface area (Å²) in [4.78, 5) is 28.3. The Balaban J connectivity index is 1.66. The van der Waals surface area contributed by atoms with Gasteiger partial charge in [0, 0.05) is 31.3 Å². The number of hydrogen-bond donors (Lipinski definition) is 0. The Morgan fingerprint density at radius 2 is 1.94 bits per heavy atom. The van der Waals surface area contributed by atoms with Gasteiger partial charge in [0.1, 0.15) is 11.5 Å². The number of nitrogens with zero attached hydrogens (tertiary/aromatic N) is 4. The maximum absolute atomic E-state index is 12.4. The molecule has 1 amide bonds. The van der Waals surface area contributed by atoms with Crippen molar-refractivity contribution in [3.05, 3.63) is 70.1 Å². The van der Waals surface area contributed by atoms with Crippen LogP contribution in [0.4, 0.5) is 5.69 Å². The Morgan fingerprint density at radius 1 is 1.19 bits per heavy atom. The van der Waals surface area contributed by atoms with Crippen molar-refractivity contribution in [1.29, 1.82) is 0 Å². The molecule has 1 aromatic heterocycles. The van der Waals surface area contributed by atoms with E-state index in [9.17, 15) is 14.9 Å². The second-order valence-electron chi connectivity index (χ2n) is 6.45. The van der Waals surface area contributed by atoms with Gasteiger partial charge in [-0.3, -0.25) is 14.9 Å². The predicted octanol–water partition coefficient (Wildman–Crippen LogP) is 3.33. The highest BCUT2D eigenvalue weighted by Crippen LogP contribution is 2.31. The molecular weight excluding hydrogens is 404 g/mol. The molecule has 160 valence electrons. The van der Waals surface area contributed by atoms with Gasteiger partial charge < -0.3 is 18.9 Å². The summed E-state index contributed by atoms with van der Waals surface area (Å²) in [6, 6.07) is 11.1. The van der Waals surface area contributed by atoms with Crippen LogP contribution in [-0.4, -0.2) is 47.1 Å². The largest absolute Gasteiger partial charge is 0.497 e. The third-order valence-electron chi connectivity index (χ3n) is 4.39. The number of nitro groups is 1. The average Bonchev–Trinajstić information content (AvgIpc) is 3.25. The van der Waals surface area contributed by atoms with Crippen molar-refractivity contribution in [3.63, 3.8) is 0 Å². The molecule has 0 N–H and O–H groups in total. The molecule has 0 unspecified atom stereocenters. The van der Waals surface area contributed by atoms with Crippen LogP contribution >= 0.6 is 0 Å². The molecule has 0 saturated carbocycles. The maximum Gasteiger partial charge on any atom is 0.269 e. The minimum atomic E-state index is -0.480. The van der Waals surface area contributed by atoms with Crippen molar-refractivity contribution >= 4 is 17.7 Å². The number of carbonyl (C=O) groups excluding carboxylic acids is 1. The molecule has 10 heteroatoms. The van der Waals surface area contributed by atoms with E-state index in [2.05, 4.69) is 10.1 Å². The molecule has 0 bridgehead atoms. The number of hydrogen-bond acceptors (Lipinski definition) is 8. The van der Waals surface area contributed by atoms with Crippen molar-refractivity contribution in [1.82, 2.24) is 15.0 Å². The number of benzene rings is 2. The van der Waals surface area contributed by atoms with E-state index >= 15 is 0 Å². The van der Waals surface area contributed by atoms with Gasteiger partial charge in [0.15, 0.2) is 0 Å². The normalized spacial score (nSPS) is 10.8. The van der Waals surface area contributed by atoms with Crippen LogP contribution in [0.2, 0.25) is 0 Å². The minimum Gasteiger partial charge on any atom is -0.497 e. The topological polar surface area (TPSA) is 121 Å². The molecule has 0 saturated heterocycles. The third-order valence-corrected chi connectivity index (χ3v) is 4.39. The van der Waals surface area contributed by atoms with E-state index in [0.29, 0.717) is 28.5 Å². The summed E-state index contributed by atoms with van der Waals surface area (Å²) < 4.78 is 15.8. The van der Waals surface area contributed by atoms with Crippen molar-refractivity contribution in [2.24, 2.45) is 0 Å². The monoisotopic (exact) mass is 424 g/mol. The third kappa shape index (κ3) is 5.24. The fourth-order valence-corrected chi connectivity index (χ4v) is 2.69. The second-order valence-corrected chi connectivity index (χ2v) is 6.45. The van der Waals surface area contributed by atoms with Gasteiger partial charge in [-0.2, -0.15) is 4.98 Å². The molecule has 2 aromatic carbocycles.